The molecule has 140 heavy (non-hydrogen) atoms. The number of aliphatic imine (C=N–C) groups is 5. The van der Waals surface area contributed by atoms with Crippen LogP contribution in [0.2, 0.25) is 15.1 Å². The Kier molecular flexibility index (Phi) is 26.3. The van der Waals surface area contributed by atoms with E-state index in [2.05, 4.69) is 75.2 Å². The number of sulfonamides is 5. The molecule has 0 radical (unpaired) electrons. The lowest BCUT2D eigenvalue weighted by Crippen LogP contribution is -2.50. The summed E-state index contributed by atoms with van der Waals surface area (Å²) in [7, 11) is -11.4. The topological polar surface area (TPSA) is 463 Å². The zero-order valence-corrected chi connectivity index (χ0v) is 85.2. The highest BCUT2D eigenvalue weighted by atomic mass is 35.5. The van der Waals surface area contributed by atoms with E-state index in [1.807, 2.05) is 123 Å². The van der Waals surface area contributed by atoms with Gasteiger partial charge in [0.05, 0.1) is 65.7 Å². The van der Waals surface area contributed by atoms with Gasteiger partial charge in [-0.3, -0.25) is 4.98 Å². The molecule has 0 spiro atoms. The number of benzene rings is 9. The Hall–Kier alpha value is -13.1. The predicted octanol–water partition coefficient (Wildman–Crippen LogP) is 16.9. The monoisotopic (exact) mass is 2080 g/mol. The van der Waals surface area contributed by atoms with Gasteiger partial charge in [0.25, 0.3) is 0 Å². The Morgan fingerprint density at radius 2 is 0.693 bits per heavy atom. The van der Waals surface area contributed by atoms with E-state index in [0.717, 1.165) is 125 Å². The van der Waals surface area contributed by atoms with Gasteiger partial charge >= 0.3 is 0 Å². The molecule has 0 fully saturated rings. The van der Waals surface area contributed by atoms with Crippen LogP contribution in [-0.4, -0.2) is 177 Å². The summed E-state index contributed by atoms with van der Waals surface area (Å²) in [4.78, 5) is 39.4. The van der Waals surface area contributed by atoms with Crippen LogP contribution in [0.15, 0.2) is 237 Å². The average Bonchev–Trinajstić information content (AvgIpc) is 1.54. The number of pyridine rings is 1. The first-order valence-corrected chi connectivity index (χ1v) is 53.8. The summed E-state index contributed by atoms with van der Waals surface area (Å²) in [5.74, 6) is -3.67. The van der Waals surface area contributed by atoms with Crippen LogP contribution < -0.4 is 28.7 Å². The van der Waals surface area contributed by atoms with Gasteiger partial charge in [-0.25, -0.2) is 102 Å². The number of nitriles is 1. The second-order valence-electron chi connectivity index (χ2n) is 35.7. The molecule has 0 saturated heterocycles. The number of hydrogen-bond donors (Lipinski definition) is 8. The van der Waals surface area contributed by atoms with Crippen molar-refractivity contribution in [1.29, 1.82) is 5.26 Å². The SMILES string of the molecule is CN1C(N)=N[C@](C)(c2cc(-c3cc4ccc(C#N)cc4[nH]3)ccc2F)CS1(=O)=O.CN1C(N)=N[C@](C)(c2cc(-c3cc4ccc(Cl)cc4[nH]3)ccc2F)CS1(=O)=O.CN1C(N)=N[C@](C)(c2sc(-c3ccc4ccccc4c3)cc2Cl)CS1(=O)=O.Cc1ccc2cc(-c3ccc(F)c([C@]4(C)CS(=O)(=O)N(C)C(N)=N4)c3)[nH]c2c1.Cc1ccc2ccc(-c3cc(Cl)c([C@]4(C)CS(=O)(=O)N(C)C(N)=N4)s3)cc2n1. The Balaban J connectivity index is 0.000000126. The number of fused-ring (bicyclic) bond motifs is 5. The van der Waals surface area contributed by atoms with E-state index in [1.54, 1.807) is 95.3 Å². The molecule has 5 aliphatic rings. The molecule has 6 aromatic heterocycles. The van der Waals surface area contributed by atoms with Crippen LogP contribution in [0.4, 0.5) is 13.2 Å². The summed E-state index contributed by atoms with van der Waals surface area (Å²) in [6, 6.07) is 66.5. The van der Waals surface area contributed by atoms with Gasteiger partial charge in [0.1, 0.15) is 45.1 Å². The highest BCUT2D eigenvalue weighted by molar-refractivity contribution is 7.91. The molecule has 0 saturated carbocycles. The fourth-order valence-electron chi connectivity index (χ4n) is 17.2. The fraction of sp³-hybridized carbons (Fsp3) is 0.227. The van der Waals surface area contributed by atoms with Gasteiger partial charge in [0, 0.05) is 128 Å². The molecule has 9 aromatic carbocycles. The summed E-state index contributed by atoms with van der Waals surface area (Å²) < 4.78 is 173. The third-order valence-corrected chi connectivity index (χ3v) is 38.7. The molecule has 20 rings (SSSR count). The molecule has 0 amide bonds. The number of aromatic nitrogens is 4. The molecule has 0 bridgehead atoms. The van der Waals surface area contributed by atoms with Gasteiger partial charge in [-0.15, -0.1) is 22.7 Å². The fourth-order valence-corrected chi connectivity index (χ4v) is 28.0. The van der Waals surface area contributed by atoms with Gasteiger partial charge in [-0.2, -0.15) is 5.26 Å². The lowest BCUT2D eigenvalue weighted by atomic mass is 9.92. The zero-order valence-electron chi connectivity index (χ0n) is 77.2. The number of hydrogen-bond acceptors (Lipinski definition) is 24. The lowest BCUT2D eigenvalue weighted by molar-refractivity contribution is 0.456. The van der Waals surface area contributed by atoms with E-state index in [1.165, 1.54) is 76.1 Å². The van der Waals surface area contributed by atoms with Crippen LogP contribution in [-0.2, 0) is 77.8 Å². The Labute approximate surface area is 829 Å². The number of nitrogens with one attached hydrogen (secondary N) is 3. The molecule has 11 heterocycles. The summed E-state index contributed by atoms with van der Waals surface area (Å²) in [6.45, 7) is 12.2. The van der Waals surface area contributed by atoms with E-state index in [0.29, 0.717) is 47.2 Å². The largest absolute Gasteiger partial charge is 0.369 e. The number of aryl methyl sites for hydroxylation is 2. The quantitative estimate of drug-likeness (QED) is 0.0630. The number of thiophene rings is 2. The maximum absolute atomic E-state index is 14.7. The minimum absolute atomic E-state index is 0.0273. The van der Waals surface area contributed by atoms with Crippen molar-refractivity contribution < 1.29 is 55.3 Å². The Morgan fingerprint density at radius 3 is 1.09 bits per heavy atom. The van der Waals surface area contributed by atoms with E-state index in [-0.39, 0.29) is 69.5 Å². The van der Waals surface area contributed by atoms with Gasteiger partial charge in [-0.05, 0) is 226 Å². The predicted molar refractivity (Wildman–Crippen MR) is 555 cm³/mol. The summed E-state index contributed by atoms with van der Waals surface area (Å²) in [5.41, 5.74) is 36.1. The van der Waals surface area contributed by atoms with Crippen molar-refractivity contribution in [3.63, 3.8) is 0 Å². The molecule has 0 unspecified atom stereocenters. The maximum Gasteiger partial charge on any atom is 0.239 e. The van der Waals surface area contributed by atoms with Crippen molar-refractivity contribution in [2.75, 3.05) is 64.0 Å². The minimum Gasteiger partial charge on any atom is -0.369 e. The molecule has 726 valence electrons. The minimum atomic E-state index is -3.72. The number of halogens is 6. The molecule has 15 aromatic rings. The van der Waals surface area contributed by atoms with Gasteiger partial charge in [0.15, 0.2) is 0 Å². The first-order valence-electron chi connectivity index (χ1n) is 43.0. The molecule has 43 heteroatoms. The standard InChI is InChI=1S/C20H18FN5O2S.C20H21FN4O2S.C19H18ClFN4O2S.C19H19ClN4O2S2.C19H18ClN3O2S2/c1-20(11-29(27,28)26(2)19(23)25-20)15-8-13(5-6-16(15)21)18-9-14-4-3-12(10-22)7-17(14)24-18;1-12-4-5-14-10-18(23-17(14)8-12)13-6-7-16(21)15(9-13)20(2)11-28(26,27)25(3)19(22)24-20;1-19(10-28(26,27)25(2)18(22)24-19)14-7-11(4-6-15(14)21)16-8-12-3-5-13(20)9-17(12)23-16;1-11-4-5-12-6-7-13(8-15(12)22-11)16-9-14(20)17(27-16)19(2)10-28(25,26)24(3)18(21)23-19;1-19(11-27(24,25)23(2)18(21)22-19)17-15(20)10-16(26-17)14-8-7-12-5-3-4-6-13(12)9-14/h3-9,24H,11H2,1-2H3,(H2,23,25);4-10,23H,11H2,1-3H3,(H2,22,24);3-9,23H,10H2,1-2H3,(H2,22,24);4-9H,10H2,1-3H3,(H2,21,23);3-10H,11H2,1-2H3,(H2,21,22)/t2*20-;3*19-/m00000/s1. The Bertz CT molecular complexity index is 8290. The van der Waals surface area contributed by atoms with Crippen LogP contribution in [0.25, 0.3) is 109 Å². The maximum atomic E-state index is 14.7. The molecular weight excluding hydrogens is 1990 g/mol. The number of nitrogens with zero attached hydrogens (tertiary/aromatic N) is 12. The van der Waals surface area contributed by atoms with Crippen LogP contribution in [0, 0.1) is 42.6 Å². The third kappa shape index (κ3) is 19.7. The first kappa shape index (κ1) is 99.9. The van der Waals surface area contributed by atoms with Crippen molar-refractivity contribution >= 4 is 192 Å². The smallest absolute Gasteiger partial charge is 0.239 e. The molecule has 0 aliphatic carbocycles. The molecule has 13 N–H and O–H groups in total. The van der Waals surface area contributed by atoms with Gasteiger partial charge in [0.2, 0.25) is 79.9 Å². The van der Waals surface area contributed by atoms with Crippen molar-refractivity contribution in [3.8, 4) is 60.7 Å². The number of nitrogens with two attached hydrogens (primary N) is 5. The van der Waals surface area contributed by atoms with Crippen LogP contribution in [0.5, 0.6) is 0 Å². The van der Waals surface area contributed by atoms with Gasteiger partial charge in [-0.1, -0.05) is 114 Å². The van der Waals surface area contributed by atoms with Crippen LogP contribution in [0.1, 0.15) is 77.9 Å². The molecular formula is C97H94Cl3F3N20O10S7. The number of aromatic amines is 3. The zero-order chi connectivity index (χ0) is 101. The highest BCUT2D eigenvalue weighted by Gasteiger charge is 2.48. The van der Waals surface area contributed by atoms with E-state index < -0.39 is 101 Å². The second kappa shape index (κ2) is 36.8. The molecule has 30 nitrogen and oxygen atoms in total. The molecule has 5 atom stereocenters. The average molecular weight is 2090 g/mol. The Morgan fingerprint density at radius 1 is 0.364 bits per heavy atom. The van der Waals surface area contributed by atoms with Crippen molar-refractivity contribution in [1.82, 2.24) is 41.5 Å². The number of guanidine groups is 5. The summed E-state index contributed by atoms with van der Waals surface area (Å²) in [6.07, 6.45) is 0. The van der Waals surface area contributed by atoms with Gasteiger partial charge < -0.3 is 43.6 Å². The van der Waals surface area contributed by atoms with E-state index >= 15 is 0 Å². The van der Waals surface area contributed by atoms with E-state index in [4.69, 9.17) is 68.7 Å². The normalized spacial score (nSPS) is 21.6. The van der Waals surface area contributed by atoms with Crippen molar-refractivity contribution in [2.45, 2.75) is 76.2 Å². The van der Waals surface area contributed by atoms with Crippen molar-refractivity contribution in [2.24, 2.45) is 53.6 Å². The second-order valence-corrected chi connectivity index (χ2v) is 49.1. The van der Waals surface area contributed by atoms with Crippen molar-refractivity contribution in [3.05, 3.63) is 288 Å². The third-order valence-electron chi connectivity index (χ3n) is 25.0. The summed E-state index contributed by atoms with van der Waals surface area (Å²) >= 11 is 21.9. The molecule has 5 aliphatic heterocycles. The summed E-state index contributed by atoms with van der Waals surface area (Å²) in [5, 5.41) is 16.9. The first-order chi connectivity index (χ1) is 65.6. The highest BCUT2D eigenvalue weighted by Crippen LogP contribution is 2.49. The van der Waals surface area contributed by atoms with E-state index in [9.17, 15) is 55.3 Å². The van der Waals surface area contributed by atoms with Crippen LogP contribution in [0.3, 0.4) is 0 Å². The lowest BCUT2D eigenvalue weighted by Gasteiger charge is -2.34. The van der Waals surface area contributed by atoms with Crippen LogP contribution >= 0.6 is 57.5 Å². The number of H-pyrrole nitrogens is 3. The number of rotatable bonds is 10.